The zero-order valence-corrected chi connectivity index (χ0v) is 13.3. The van der Waals surface area contributed by atoms with Crippen molar-refractivity contribution in [2.45, 2.75) is 39.0 Å². The number of hydrogen-bond donors (Lipinski definition) is 1. The number of nitrogens with one attached hydrogen (secondary N) is 1. The predicted octanol–water partition coefficient (Wildman–Crippen LogP) is 3.63. The van der Waals surface area contributed by atoms with Gasteiger partial charge in [0.05, 0.1) is 6.10 Å². The van der Waals surface area contributed by atoms with Crippen molar-refractivity contribution >= 4 is 11.8 Å². The Morgan fingerprint density at radius 3 is 2.74 bits per heavy atom. The van der Waals surface area contributed by atoms with Gasteiger partial charge in [-0.05, 0) is 44.9 Å². The van der Waals surface area contributed by atoms with Crippen molar-refractivity contribution in [1.82, 2.24) is 5.32 Å². The number of benzene rings is 1. The van der Waals surface area contributed by atoms with E-state index in [0.29, 0.717) is 6.10 Å². The Bertz CT molecular complexity index is 341. The van der Waals surface area contributed by atoms with Crippen molar-refractivity contribution < 1.29 is 4.74 Å². The number of ether oxygens (including phenoxy) is 1. The molecule has 0 unspecified atom stereocenters. The van der Waals surface area contributed by atoms with E-state index in [9.17, 15) is 0 Å². The van der Waals surface area contributed by atoms with Crippen LogP contribution < -0.4 is 5.32 Å². The highest BCUT2D eigenvalue weighted by Crippen LogP contribution is 2.15. The third-order valence-electron chi connectivity index (χ3n) is 2.89. The van der Waals surface area contributed by atoms with E-state index in [1.807, 2.05) is 11.8 Å². The summed E-state index contributed by atoms with van der Waals surface area (Å²) >= 11 is 2.00. The normalized spacial score (nSPS) is 11.2. The van der Waals surface area contributed by atoms with E-state index >= 15 is 0 Å². The standard InChI is InChI=1S/C16H27NOS/c1-14(2)18-11-6-9-17-10-12-19-13-16-8-5-4-7-15(16)3/h4-5,7-8,14,17H,6,9-13H2,1-3H3. The van der Waals surface area contributed by atoms with Gasteiger partial charge in [-0.3, -0.25) is 0 Å². The zero-order valence-electron chi connectivity index (χ0n) is 12.4. The van der Waals surface area contributed by atoms with E-state index in [0.717, 1.165) is 31.9 Å². The van der Waals surface area contributed by atoms with Gasteiger partial charge in [-0.15, -0.1) is 0 Å². The number of rotatable bonds is 10. The summed E-state index contributed by atoms with van der Waals surface area (Å²) in [6, 6.07) is 8.63. The topological polar surface area (TPSA) is 21.3 Å². The van der Waals surface area contributed by atoms with Gasteiger partial charge in [0.1, 0.15) is 0 Å². The fraction of sp³-hybridized carbons (Fsp3) is 0.625. The molecule has 1 aromatic rings. The summed E-state index contributed by atoms with van der Waals surface area (Å²) in [5.41, 5.74) is 2.85. The molecule has 3 heteroatoms. The van der Waals surface area contributed by atoms with E-state index in [-0.39, 0.29) is 0 Å². The Kier molecular flexibility index (Phi) is 8.97. The van der Waals surface area contributed by atoms with Gasteiger partial charge in [0.2, 0.25) is 0 Å². The molecule has 0 aliphatic carbocycles. The molecule has 0 aromatic heterocycles. The van der Waals surface area contributed by atoms with Gasteiger partial charge in [0.15, 0.2) is 0 Å². The molecule has 0 aliphatic rings. The molecular weight excluding hydrogens is 254 g/mol. The Balaban J connectivity index is 1.93. The first-order valence-corrected chi connectivity index (χ1v) is 8.30. The lowest BCUT2D eigenvalue weighted by Gasteiger charge is -2.08. The molecule has 0 spiro atoms. The molecule has 0 saturated heterocycles. The van der Waals surface area contributed by atoms with E-state index in [1.165, 1.54) is 16.9 Å². The van der Waals surface area contributed by atoms with Crippen LogP contribution in [0.15, 0.2) is 24.3 Å². The van der Waals surface area contributed by atoms with Crippen molar-refractivity contribution in [3.8, 4) is 0 Å². The molecule has 19 heavy (non-hydrogen) atoms. The molecule has 0 saturated carbocycles. The van der Waals surface area contributed by atoms with Crippen LogP contribution in [0.5, 0.6) is 0 Å². The number of thioether (sulfide) groups is 1. The van der Waals surface area contributed by atoms with E-state index in [4.69, 9.17) is 4.74 Å². The SMILES string of the molecule is Cc1ccccc1CSCCNCCCOC(C)C. The average Bonchev–Trinajstić information content (AvgIpc) is 2.38. The van der Waals surface area contributed by atoms with Crippen molar-refractivity contribution in [3.63, 3.8) is 0 Å². The molecule has 0 heterocycles. The molecule has 1 N–H and O–H groups in total. The molecular formula is C16H27NOS. The Hall–Kier alpha value is -0.510. The van der Waals surface area contributed by atoms with Crippen molar-refractivity contribution in [3.05, 3.63) is 35.4 Å². The maximum absolute atomic E-state index is 5.50. The van der Waals surface area contributed by atoms with Crippen LogP contribution in [0.2, 0.25) is 0 Å². The molecule has 2 nitrogen and oxygen atoms in total. The van der Waals surface area contributed by atoms with Crippen LogP contribution >= 0.6 is 11.8 Å². The quantitative estimate of drug-likeness (QED) is 0.662. The van der Waals surface area contributed by atoms with E-state index in [2.05, 4.69) is 50.4 Å². The van der Waals surface area contributed by atoms with Crippen molar-refractivity contribution in [1.29, 1.82) is 0 Å². The molecule has 0 bridgehead atoms. The molecule has 0 aliphatic heterocycles. The first-order valence-electron chi connectivity index (χ1n) is 7.14. The third-order valence-corrected chi connectivity index (χ3v) is 3.90. The first-order chi connectivity index (χ1) is 9.20. The molecule has 0 atom stereocenters. The zero-order chi connectivity index (χ0) is 13.9. The first kappa shape index (κ1) is 16.5. The summed E-state index contributed by atoms with van der Waals surface area (Å²) in [6.07, 6.45) is 1.45. The van der Waals surface area contributed by atoms with Gasteiger partial charge >= 0.3 is 0 Å². The van der Waals surface area contributed by atoms with E-state index in [1.54, 1.807) is 0 Å². The third kappa shape index (κ3) is 8.30. The summed E-state index contributed by atoms with van der Waals surface area (Å²) in [5, 5.41) is 3.46. The summed E-state index contributed by atoms with van der Waals surface area (Å²) in [5.74, 6) is 2.28. The van der Waals surface area contributed by atoms with Crippen molar-refractivity contribution in [2.75, 3.05) is 25.4 Å². The Morgan fingerprint density at radius 1 is 1.21 bits per heavy atom. The fourth-order valence-corrected chi connectivity index (χ4v) is 2.72. The Labute approximate surface area is 122 Å². The minimum atomic E-state index is 0.352. The molecule has 1 aromatic carbocycles. The Morgan fingerprint density at radius 2 is 2.00 bits per heavy atom. The maximum atomic E-state index is 5.50. The van der Waals surface area contributed by atoms with Crippen LogP contribution in [-0.4, -0.2) is 31.6 Å². The lowest BCUT2D eigenvalue weighted by molar-refractivity contribution is 0.0772. The van der Waals surface area contributed by atoms with Gasteiger partial charge in [0.25, 0.3) is 0 Å². The van der Waals surface area contributed by atoms with Crippen LogP contribution in [-0.2, 0) is 10.5 Å². The van der Waals surface area contributed by atoms with E-state index < -0.39 is 0 Å². The molecule has 1 rings (SSSR count). The second-order valence-corrected chi connectivity index (χ2v) is 6.11. The molecule has 0 fully saturated rings. The average molecular weight is 281 g/mol. The second kappa shape index (κ2) is 10.3. The maximum Gasteiger partial charge on any atom is 0.0518 e. The highest BCUT2D eigenvalue weighted by molar-refractivity contribution is 7.98. The minimum absolute atomic E-state index is 0.352. The highest BCUT2D eigenvalue weighted by Gasteiger charge is 1.97. The van der Waals surface area contributed by atoms with Gasteiger partial charge < -0.3 is 10.1 Å². The highest BCUT2D eigenvalue weighted by atomic mass is 32.2. The van der Waals surface area contributed by atoms with Gasteiger partial charge in [-0.1, -0.05) is 24.3 Å². The largest absolute Gasteiger partial charge is 0.379 e. The molecule has 0 amide bonds. The van der Waals surface area contributed by atoms with Crippen LogP contribution in [0.1, 0.15) is 31.4 Å². The second-order valence-electron chi connectivity index (χ2n) is 5.00. The number of hydrogen-bond acceptors (Lipinski definition) is 3. The van der Waals surface area contributed by atoms with Crippen LogP contribution in [0.4, 0.5) is 0 Å². The summed E-state index contributed by atoms with van der Waals surface area (Å²) in [4.78, 5) is 0. The summed E-state index contributed by atoms with van der Waals surface area (Å²) in [7, 11) is 0. The fourth-order valence-electron chi connectivity index (χ4n) is 1.74. The lowest BCUT2D eigenvalue weighted by atomic mass is 10.1. The lowest BCUT2D eigenvalue weighted by Crippen LogP contribution is -2.20. The number of aryl methyl sites for hydroxylation is 1. The van der Waals surface area contributed by atoms with Crippen LogP contribution in [0.3, 0.4) is 0 Å². The summed E-state index contributed by atoms with van der Waals surface area (Å²) < 4.78 is 5.50. The smallest absolute Gasteiger partial charge is 0.0518 e. The predicted molar refractivity (Wildman–Crippen MR) is 85.9 cm³/mol. The van der Waals surface area contributed by atoms with Gasteiger partial charge in [-0.2, -0.15) is 11.8 Å². The summed E-state index contributed by atoms with van der Waals surface area (Å²) in [6.45, 7) is 9.34. The van der Waals surface area contributed by atoms with Crippen LogP contribution in [0.25, 0.3) is 0 Å². The molecule has 108 valence electrons. The monoisotopic (exact) mass is 281 g/mol. The molecule has 0 radical (unpaired) electrons. The van der Waals surface area contributed by atoms with Crippen LogP contribution in [0, 0.1) is 6.92 Å². The van der Waals surface area contributed by atoms with Gasteiger partial charge in [-0.25, -0.2) is 0 Å². The van der Waals surface area contributed by atoms with Crippen molar-refractivity contribution in [2.24, 2.45) is 0 Å². The minimum Gasteiger partial charge on any atom is -0.379 e. The van der Waals surface area contributed by atoms with Gasteiger partial charge in [0, 0.05) is 24.7 Å².